The van der Waals surface area contributed by atoms with Crippen LogP contribution in [0.5, 0.6) is 0 Å². The van der Waals surface area contributed by atoms with Crippen molar-refractivity contribution in [1.82, 2.24) is 0 Å². The van der Waals surface area contributed by atoms with Crippen LogP contribution in [-0.4, -0.2) is 18.0 Å². The van der Waals surface area contributed by atoms with Crippen LogP contribution in [0.2, 0.25) is 0 Å². The van der Waals surface area contributed by atoms with Crippen molar-refractivity contribution in [3.8, 4) is 0 Å². The lowest BCUT2D eigenvalue weighted by Gasteiger charge is -2.33. The molecule has 3 N–H and O–H groups in total. The molecule has 2 amide bonds. The number of halogens is 3. The molecule has 0 radical (unpaired) electrons. The van der Waals surface area contributed by atoms with Gasteiger partial charge in [0.05, 0.1) is 5.56 Å². The van der Waals surface area contributed by atoms with Gasteiger partial charge < -0.3 is 11.1 Å². The van der Waals surface area contributed by atoms with E-state index in [0.29, 0.717) is 24.3 Å². The highest BCUT2D eigenvalue weighted by Gasteiger charge is 2.40. The van der Waals surface area contributed by atoms with Crippen LogP contribution in [0.1, 0.15) is 48.0 Å². The summed E-state index contributed by atoms with van der Waals surface area (Å²) in [4.78, 5) is 23.7. The molecule has 4 nitrogen and oxygen atoms in total. The topological polar surface area (TPSA) is 72.2 Å². The molecule has 128 valence electrons. The second-order valence-electron chi connectivity index (χ2n) is 6.83. The van der Waals surface area contributed by atoms with Crippen molar-refractivity contribution in [2.45, 2.75) is 46.2 Å². The number of nitrogens with two attached hydrogens (primary N) is 1. The number of alkyl halides is 3. The molecule has 0 spiro atoms. The molecule has 1 aliphatic carbocycles. The molecule has 0 saturated heterocycles. The molecule has 0 fully saturated rings. The van der Waals surface area contributed by atoms with Crippen LogP contribution in [0, 0.1) is 11.3 Å². The molecule has 1 aliphatic rings. The van der Waals surface area contributed by atoms with E-state index >= 15 is 0 Å². The summed E-state index contributed by atoms with van der Waals surface area (Å²) in [5, 5.41) is 1.70. The number of amides is 2. The van der Waals surface area contributed by atoms with E-state index in [1.807, 2.05) is 0 Å². The molecule has 1 aromatic heterocycles. The van der Waals surface area contributed by atoms with Gasteiger partial charge >= 0.3 is 12.1 Å². The van der Waals surface area contributed by atoms with E-state index in [9.17, 15) is 22.8 Å². The van der Waals surface area contributed by atoms with Gasteiger partial charge in [0.15, 0.2) is 0 Å². The zero-order valence-corrected chi connectivity index (χ0v) is 14.0. The SMILES string of the molecule is CC(C)(C)[C@H]1CCc2c(sc(NC(=O)C(F)(F)F)c2C(N)=O)C1. The highest BCUT2D eigenvalue weighted by atomic mass is 32.1. The van der Waals surface area contributed by atoms with Crippen molar-refractivity contribution >= 4 is 28.2 Å². The standard InChI is InChI=1S/C15H19F3N2O2S/c1-14(2,3)7-4-5-8-9(6-7)23-12(10(8)11(19)21)20-13(22)15(16,17)18/h7H,4-6H2,1-3H3,(H2,19,21)(H,20,22)/t7-/m0/s1. The predicted molar refractivity (Wildman–Crippen MR) is 82.5 cm³/mol. The first-order valence-electron chi connectivity index (χ1n) is 7.23. The van der Waals surface area contributed by atoms with Gasteiger partial charge in [0.25, 0.3) is 5.91 Å². The maximum absolute atomic E-state index is 12.4. The van der Waals surface area contributed by atoms with Gasteiger partial charge in [-0.1, -0.05) is 20.8 Å². The predicted octanol–water partition coefficient (Wildman–Crippen LogP) is 3.50. The van der Waals surface area contributed by atoms with Crippen molar-refractivity contribution in [1.29, 1.82) is 0 Å². The van der Waals surface area contributed by atoms with E-state index in [1.54, 1.807) is 5.32 Å². The average Bonchev–Trinajstić information content (AvgIpc) is 2.73. The zero-order valence-electron chi connectivity index (χ0n) is 13.1. The number of hydrogen-bond donors (Lipinski definition) is 2. The number of hydrogen-bond acceptors (Lipinski definition) is 3. The molecule has 2 rings (SSSR count). The summed E-state index contributed by atoms with van der Waals surface area (Å²) >= 11 is 1.02. The largest absolute Gasteiger partial charge is 0.471 e. The van der Waals surface area contributed by atoms with Gasteiger partial charge in [-0.15, -0.1) is 11.3 Å². The third-order valence-electron chi connectivity index (χ3n) is 4.22. The molecule has 1 aromatic rings. The van der Waals surface area contributed by atoms with E-state index in [-0.39, 0.29) is 16.0 Å². The van der Waals surface area contributed by atoms with Crippen molar-refractivity contribution in [2.24, 2.45) is 17.1 Å². The fourth-order valence-corrected chi connectivity index (χ4v) is 4.18. The van der Waals surface area contributed by atoms with Gasteiger partial charge in [0.2, 0.25) is 0 Å². The Morgan fingerprint density at radius 1 is 1.26 bits per heavy atom. The maximum Gasteiger partial charge on any atom is 0.471 e. The van der Waals surface area contributed by atoms with Crippen molar-refractivity contribution in [2.75, 3.05) is 5.32 Å². The molecule has 23 heavy (non-hydrogen) atoms. The van der Waals surface area contributed by atoms with Crippen LogP contribution in [0.25, 0.3) is 0 Å². The van der Waals surface area contributed by atoms with Gasteiger partial charge in [0, 0.05) is 4.88 Å². The Bertz CT molecular complexity index is 644. The van der Waals surface area contributed by atoms with E-state index in [4.69, 9.17) is 5.73 Å². The number of thiophene rings is 1. The lowest BCUT2D eigenvalue weighted by Crippen LogP contribution is -2.30. The quantitative estimate of drug-likeness (QED) is 0.859. The normalized spacial score (nSPS) is 18.4. The fraction of sp³-hybridized carbons (Fsp3) is 0.600. The van der Waals surface area contributed by atoms with Crippen molar-refractivity contribution < 1.29 is 22.8 Å². The number of anilines is 1. The van der Waals surface area contributed by atoms with Crippen LogP contribution in [0.15, 0.2) is 0 Å². The Morgan fingerprint density at radius 3 is 2.35 bits per heavy atom. The monoisotopic (exact) mass is 348 g/mol. The number of fused-ring (bicyclic) bond motifs is 1. The van der Waals surface area contributed by atoms with Gasteiger partial charge in [-0.25, -0.2) is 0 Å². The number of rotatable bonds is 2. The smallest absolute Gasteiger partial charge is 0.365 e. The summed E-state index contributed by atoms with van der Waals surface area (Å²) in [5.41, 5.74) is 6.09. The van der Waals surface area contributed by atoms with Crippen LogP contribution >= 0.6 is 11.3 Å². The summed E-state index contributed by atoms with van der Waals surface area (Å²) in [6.45, 7) is 6.33. The Kier molecular flexibility index (Phi) is 4.49. The fourth-order valence-electron chi connectivity index (χ4n) is 2.85. The minimum absolute atomic E-state index is 0.0231. The third kappa shape index (κ3) is 3.68. The molecule has 0 bridgehead atoms. The first-order valence-corrected chi connectivity index (χ1v) is 8.05. The molecule has 0 unspecified atom stereocenters. The minimum atomic E-state index is -5.01. The number of carbonyl (C=O) groups excluding carboxylic acids is 2. The molecule has 8 heteroatoms. The highest BCUT2D eigenvalue weighted by molar-refractivity contribution is 7.17. The lowest BCUT2D eigenvalue weighted by atomic mass is 9.72. The van der Waals surface area contributed by atoms with Gasteiger partial charge in [-0.3, -0.25) is 9.59 Å². The average molecular weight is 348 g/mol. The summed E-state index contributed by atoms with van der Waals surface area (Å²) < 4.78 is 37.3. The molecule has 1 atom stereocenters. The summed E-state index contributed by atoms with van der Waals surface area (Å²) in [6, 6.07) is 0. The number of nitrogens with one attached hydrogen (secondary N) is 1. The van der Waals surface area contributed by atoms with Crippen LogP contribution in [-0.2, 0) is 17.6 Å². The van der Waals surface area contributed by atoms with E-state index in [2.05, 4.69) is 20.8 Å². The maximum atomic E-state index is 12.4. The van der Waals surface area contributed by atoms with Crippen LogP contribution in [0.4, 0.5) is 18.2 Å². The van der Waals surface area contributed by atoms with E-state index < -0.39 is 18.0 Å². The third-order valence-corrected chi connectivity index (χ3v) is 5.39. The Labute approximate surface area is 136 Å². The van der Waals surface area contributed by atoms with Gasteiger partial charge in [-0.2, -0.15) is 13.2 Å². The van der Waals surface area contributed by atoms with E-state index in [1.165, 1.54) is 0 Å². The summed E-state index contributed by atoms with van der Waals surface area (Å²) in [6.07, 6.45) is -2.92. The Morgan fingerprint density at radius 2 is 1.87 bits per heavy atom. The molecule has 1 heterocycles. The number of primary amides is 1. The van der Waals surface area contributed by atoms with Crippen LogP contribution < -0.4 is 11.1 Å². The Balaban J connectivity index is 2.37. The summed E-state index contributed by atoms with van der Waals surface area (Å²) in [7, 11) is 0. The molecule has 0 aromatic carbocycles. The Hall–Kier alpha value is -1.57. The first-order chi connectivity index (χ1) is 10.4. The van der Waals surface area contributed by atoms with E-state index in [0.717, 1.165) is 22.6 Å². The van der Waals surface area contributed by atoms with Gasteiger partial charge in [0.1, 0.15) is 5.00 Å². The van der Waals surface area contributed by atoms with Crippen molar-refractivity contribution in [3.05, 3.63) is 16.0 Å². The first kappa shape index (κ1) is 17.8. The highest BCUT2D eigenvalue weighted by Crippen LogP contribution is 2.44. The molecular formula is C15H19F3N2O2S. The van der Waals surface area contributed by atoms with Gasteiger partial charge in [-0.05, 0) is 36.2 Å². The van der Waals surface area contributed by atoms with Crippen LogP contribution in [0.3, 0.4) is 0 Å². The van der Waals surface area contributed by atoms with Crippen molar-refractivity contribution in [3.63, 3.8) is 0 Å². The summed E-state index contributed by atoms with van der Waals surface area (Å²) in [5.74, 6) is -2.54. The second-order valence-corrected chi connectivity index (χ2v) is 7.93. The second kappa shape index (κ2) is 5.81. The zero-order chi connectivity index (χ0) is 17.6. The minimum Gasteiger partial charge on any atom is -0.365 e. The molecule has 0 aliphatic heterocycles. The molecule has 0 saturated carbocycles. The lowest BCUT2D eigenvalue weighted by molar-refractivity contribution is -0.167. The number of carbonyl (C=O) groups is 2. The molecular weight excluding hydrogens is 329 g/mol.